The van der Waals surface area contributed by atoms with Crippen LogP contribution in [0.4, 0.5) is 0 Å². The Morgan fingerprint density at radius 2 is 1.15 bits per heavy atom. The number of hydrogen-bond acceptors (Lipinski definition) is 3. The second-order valence-electron chi connectivity index (χ2n) is 8.42. The molecule has 0 N–H and O–H groups in total. The maximum Gasteiger partial charge on any atom is 0.501 e. The molecule has 4 nitrogen and oxygen atoms in total. The van der Waals surface area contributed by atoms with Crippen LogP contribution in [-0.2, 0) is 13.3 Å². The number of rotatable bonds is 18. The van der Waals surface area contributed by atoms with Gasteiger partial charge in [0.2, 0.25) is 0 Å². The zero-order chi connectivity index (χ0) is 19.9. The van der Waals surface area contributed by atoms with Gasteiger partial charge in [0.05, 0.1) is 27.2 Å². The van der Waals surface area contributed by atoms with Gasteiger partial charge in [-0.15, -0.1) is 0 Å². The molecule has 0 aromatic heterocycles. The minimum atomic E-state index is -2.47. The fraction of sp³-hybridized carbons (Fsp3) is 1.00. The fourth-order valence-electron chi connectivity index (χ4n) is 3.46. The molecule has 0 aliphatic rings. The van der Waals surface area contributed by atoms with Gasteiger partial charge < -0.3 is 17.8 Å². The molecule has 0 unspecified atom stereocenters. The second kappa shape index (κ2) is 15.0. The first kappa shape index (κ1) is 26.1. The van der Waals surface area contributed by atoms with Crippen LogP contribution in [0.3, 0.4) is 0 Å². The number of unbranched alkanes of at least 4 members (excludes halogenated alkanes) is 4. The molecule has 0 aromatic rings. The van der Waals surface area contributed by atoms with Crippen molar-refractivity contribution in [1.29, 1.82) is 0 Å². The van der Waals surface area contributed by atoms with E-state index in [4.69, 9.17) is 13.3 Å². The molecule has 0 atom stereocenters. The van der Waals surface area contributed by atoms with Crippen LogP contribution in [0.2, 0.25) is 6.04 Å². The van der Waals surface area contributed by atoms with Gasteiger partial charge in [0.1, 0.15) is 0 Å². The molecule has 0 heterocycles. The van der Waals surface area contributed by atoms with E-state index in [0.29, 0.717) is 19.8 Å². The average Bonchev–Trinajstić information content (AvgIpc) is 2.54. The zero-order valence-electron chi connectivity index (χ0n) is 18.9. The molecule has 0 radical (unpaired) electrons. The zero-order valence-corrected chi connectivity index (χ0v) is 19.9. The molecular weight excluding hydrogens is 342 g/mol. The van der Waals surface area contributed by atoms with Gasteiger partial charge in [-0.1, -0.05) is 39.5 Å². The molecule has 0 fully saturated rings. The molecule has 0 aliphatic carbocycles. The van der Waals surface area contributed by atoms with Gasteiger partial charge in [-0.25, -0.2) is 0 Å². The van der Waals surface area contributed by atoms with Crippen LogP contribution in [0.25, 0.3) is 0 Å². The lowest BCUT2D eigenvalue weighted by Crippen LogP contribution is -2.48. The highest BCUT2D eigenvalue weighted by atomic mass is 28.4. The van der Waals surface area contributed by atoms with Crippen molar-refractivity contribution < 1.29 is 17.8 Å². The summed E-state index contributed by atoms with van der Waals surface area (Å²) in [7, 11) is 2.23. The fourth-order valence-corrected chi connectivity index (χ4v) is 6.05. The van der Waals surface area contributed by atoms with E-state index in [-0.39, 0.29) is 0 Å². The number of quaternary nitrogens is 1. The van der Waals surface area contributed by atoms with Gasteiger partial charge in [-0.2, -0.15) is 0 Å². The van der Waals surface area contributed by atoms with E-state index in [1.54, 1.807) is 0 Å². The van der Waals surface area contributed by atoms with Crippen LogP contribution in [0, 0.1) is 5.92 Å². The van der Waals surface area contributed by atoms with Crippen molar-refractivity contribution in [1.82, 2.24) is 0 Å². The van der Waals surface area contributed by atoms with Crippen molar-refractivity contribution in [3.63, 3.8) is 0 Å². The van der Waals surface area contributed by atoms with Gasteiger partial charge in [-0.3, -0.25) is 0 Å². The predicted molar refractivity (Wildman–Crippen MR) is 114 cm³/mol. The predicted octanol–water partition coefficient (Wildman–Crippen LogP) is 5.50. The van der Waals surface area contributed by atoms with Crippen LogP contribution in [0.15, 0.2) is 0 Å². The molecule has 158 valence electrons. The van der Waals surface area contributed by atoms with E-state index in [1.807, 2.05) is 20.8 Å². The monoisotopic (exact) mass is 390 g/mol. The van der Waals surface area contributed by atoms with Crippen molar-refractivity contribution >= 4 is 8.80 Å². The van der Waals surface area contributed by atoms with Crippen LogP contribution < -0.4 is 0 Å². The Hall–Kier alpha value is 0.0569. The topological polar surface area (TPSA) is 27.7 Å². The summed E-state index contributed by atoms with van der Waals surface area (Å²) in [6.45, 7) is 15.2. The first-order valence-electron chi connectivity index (χ1n) is 11.0. The summed E-state index contributed by atoms with van der Waals surface area (Å²) in [6.07, 6.45) is 9.38. The number of nitrogens with zero attached hydrogens (tertiary/aromatic N) is 1. The third-order valence-electron chi connectivity index (χ3n) is 4.88. The summed E-state index contributed by atoms with van der Waals surface area (Å²) < 4.78 is 19.0. The van der Waals surface area contributed by atoms with Crippen molar-refractivity contribution in [3.8, 4) is 0 Å². The molecule has 5 heteroatoms. The van der Waals surface area contributed by atoms with E-state index in [1.165, 1.54) is 45.1 Å². The highest BCUT2D eigenvalue weighted by Gasteiger charge is 2.40. The van der Waals surface area contributed by atoms with Gasteiger partial charge in [0, 0.05) is 32.3 Å². The summed E-state index contributed by atoms with van der Waals surface area (Å²) >= 11 is 0. The highest BCUT2D eigenvalue weighted by molar-refractivity contribution is 6.60. The van der Waals surface area contributed by atoms with E-state index in [9.17, 15) is 0 Å². The second-order valence-corrected chi connectivity index (χ2v) is 11.2. The summed E-state index contributed by atoms with van der Waals surface area (Å²) in [5.41, 5.74) is 0. The molecule has 0 amide bonds. The molecule has 0 bridgehead atoms. The Labute approximate surface area is 165 Å². The minimum Gasteiger partial charge on any atom is -0.374 e. The lowest BCUT2D eigenvalue weighted by molar-refractivity contribution is -0.890. The minimum absolute atomic E-state index is 0.668. The third-order valence-corrected chi connectivity index (χ3v) is 8.04. The maximum absolute atomic E-state index is 5.97. The van der Waals surface area contributed by atoms with Crippen LogP contribution in [0.1, 0.15) is 79.6 Å². The first-order valence-corrected chi connectivity index (χ1v) is 13.0. The van der Waals surface area contributed by atoms with Crippen LogP contribution in [0.5, 0.6) is 0 Å². The molecule has 26 heavy (non-hydrogen) atoms. The smallest absolute Gasteiger partial charge is 0.374 e. The van der Waals surface area contributed by atoms with Gasteiger partial charge >= 0.3 is 8.80 Å². The molecular formula is C21H48NO3Si+. The third kappa shape index (κ3) is 13.3. The van der Waals surface area contributed by atoms with E-state index < -0.39 is 8.80 Å². The Morgan fingerprint density at radius 1 is 0.692 bits per heavy atom. The van der Waals surface area contributed by atoms with E-state index >= 15 is 0 Å². The quantitative estimate of drug-likeness (QED) is 0.176. The molecule has 0 rings (SSSR count). The highest BCUT2D eigenvalue weighted by Crippen LogP contribution is 2.20. The SMILES string of the molecule is CCO[Si](CCC[N+](C)(C)CCCCCCCC(C)C)(OCC)OCC. The Bertz CT molecular complexity index is 307. The summed E-state index contributed by atoms with van der Waals surface area (Å²) in [6, 6.07) is 0.930. The molecule has 0 spiro atoms. The van der Waals surface area contributed by atoms with E-state index in [2.05, 4.69) is 27.9 Å². The van der Waals surface area contributed by atoms with Gasteiger partial charge in [0.15, 0.2) is 0 Å². The normalized spacial score (nSPS) is 12.9. The molecule has 0 saturated heterocycles. The number of hydrogen-bond donors (Lipinski definition) is 0. The van der Waals surface area contributed by atoms with Crippen molar-refractivity contribution in [2.24, 2.45) is 5.92 Å². The average molecular weight is 391 g/mol. The first-order chi connectivity index (χ1) is 12.3. The van der Waals surface area contributed by atoms with Crippen molar-refractivity contribution in [3.05, 3.63) is 0 Å². The Morgan fingerprint density at radius 3 is 1.65 bits per heavy atom. The molecule has 0 saturated carbocycles. The van der Waals surface area contributed by atoms with Crippen molar-refractivity contribution in [2.45, 2.75) is 85.6 Å². The lowest BCUT2D eigenvalue weighted by atomic mass is 10.0. The standard InChI is InChI=1S/C21H48NO3Si/c1-8-23-26(24-9-2,25-10-3)20-16-19-22(6,7)18-15-13-11-12-14-17-21(4)5/h21H,8-20H2,1-7H3/q+1. The molecule has 0 aromatic carbocycles. The Kier molecular flexibility index (Phi) is 15.1. The maximum atomic E-state index is 5.97. The van der Waals surface area contributed by atoms with Crippen molar-refractivity contribution in [2.75, 3.05) is 47.0 Å². The largest absolute Gasteiger partial charge is 0.501 e. The lowest BCUT2D eigenvalue weighted by Gasteiger charge is -2.32. The summed E-state index contributed by atoms with van der Waals surface area (Å²) in [5.74, 6) is 0.853. The van der Waals surface area contributed by atoms with E-state index in [0.717, 1.165) is 29.4 Å². The molecule has 0 aliphatic heterocycles. The van der Waals surface area contributed by atoms with Crippen LogP contribution >= 0.6 is 0 Å². The van der Waals surface area contributed by atoms with Gasteiger partial charge in [0.25, 0.3) is 0 Å². The summed E-state index contributed by atoms with van der Waals surface area (Å²) in [4.78, 5) is 0. The van der Waals surface area contributed by atoms with Gasteiger partial charge in [-0.05, 0) is 39.5 Å². The summed E-state index contributed by atoms with van der Waals surface area (Å²) in [5, 5.41) is 0. The Balaban J connectivity index is 4.08. The van der Waals surface area contributed by atoms with Crippen LogP contribution in [-0.4, -0.2) is 60.3 Å².